The molecule has 1 aromatic carbocycles. The SMILES string of the molecule is Cc1nc2c(c(N(C)C)n1)CN(C(=O)Nc1ccc(Cl)cc1)CC2. The van der Waals surface area contributed by atoms with E-state index < -0.39 is 0 Å². The summed E-state index contributed by atoms with van der Waals surface area (Å²) in [5.41, 5.74) is 2.77. The van der Waals surface area contributed by atoms with Crippen LogP contribution in [0.3, 0.4) is 0 Å². The van der Waals surface area contributed by atoms with Gasteiger partial charge in [-0.25, -0.2) is 14.8 Å². The first-order chi connectivity index (χ1) is 11.4. The van der Waals surface area contributed by atoms with Gasteiger partial charge in [-0.3, -0.25) is 0 Å². The quantitative estimate of drug-likeness (QED) is 0.908. The van der Waals surface area contributed by atoms with Gasteiger partial charge < -0.3 is 15.1 Å². The summed E-state index contributed by atoms with van der Waals surface area (Å²) in [6.07, 6.45) is 0.730. The first kappa shape index (κ1) is 16.5. The van der Waals surface area contributed by atoms with Crippen molar-refractivity contribution in [1.29, 1.82) is 0 Å². The number of aromatic nitrogens is 2. The van der Waals surface area contributed by atoms with Crippen molar-refractivity contribution < 1.29 is 4.79 Å². The molecular formula is C17H20ClN5O. The van der Waals surface area contributed by atoms with Gasteiger partial charge in [0.1, 0.15) is 11.6 Å². The second kappa shape index (κ2) is 6.65. The first-order valence-electron chi connectivity index (χ1n) is 7.79. The van der Waals surface area contributed by atoms with Gasteiger partial charge >= 0.3 is 6.03 Å². The molecule has 1 N–H and O–H groups in total. The second-order valence-electron chi connectivity index (χ2n) is 6.02. The fourth-order valence-corrected chi connectivity index (χ4v) is 2.92. The molecule has 0 radical (unpaired) electrons. The van der Waals surface area contributed by atoms with Gasteiger partial charge in [0.25, 0.3) is 0 Å². The summed E-state index contributed by atoms with van der Waals surface area (Å²) < 4.78 is 0. The van der Waals surface area contributed by atoms with Crippen molar-refractivity contribution in [3.63, 3.8) is 0 Å². The molecule has 0 saturated heterocycles. The van der Waals surface area contributed by atoms with E-state index in [1.165, 1.54) is 0 Å². The number of nitrogens with one attached hydrogen (secondary N) is 1. The van der Waals surface area contributed by atoms with Crippen LogP contribution in [0, 0.1) is 6.92 Å². The zero-order chi connectivity index (χ0) is 17.3. The van der Waals surface area contributed by atoms with E-state index in [1.807, 2.05) is 25.9 Å². The average Bonchev–Trinajstić information content (AvgIpc) is 2.55. The Morgan fingerprint density at radius 1 is 1.25 bits per heavy atom. The molecule has 24 heavy (non-hydrogen) atoms. The number of carbonyl (C=O) groups is 1. The molecule has 0 spiro atoms. The van der Waals surface area contributed by atoms with Crippen LogP contribution in [-0.4, -0.2) is 41.5 Å². The third kappa shape index (κ3) is 3.43. The Morgan fingerprint density at radius 2 is 1.96 bits per heavy atom. The van der Waals surface area contributed by atoms with Crippen molar-refractivity contribution in [3.8, 4) is 0 Å². The predicted octanol–water partition coefficient (Wildman–Crippen LogP) is 3.09. The lowest BCUT2D eigenvalue weighted by Crippen LogP contribution is -2.40. The molecule has 0 saturated carbocycles. The van der Waals surface area contributed by atoms with Gasteiger partial charge in [0.05, 0.1) is 12.2 Å². The van der Waals surface area contributed by atoms with Gasteiger partial charge in [0.15, 0.2) is 0 Å². The van der Waals surface area contributed by atoms with E-state index in [2.05, 4.69) is 15.3 Å². The number of rotatable bonds is 2. The van der Waals surface area contributed by atoms with Crippen LogP contribution in [0.1, 0.15) is 17.1 Å². The largest absolute Gasteiger partial charge is 0.362 e. The number of aryl methyl sites for hydroxylation is 1. The standard InChI is InChI=1S/C17H20ClN5O/c1-11-19-15-8-9-23(10-14(15)16(20-11)22(2)3)17(24)21-13-6-4-12(18)5-7-13/h4-7H,8-10H2,1-3H3,(H,21,24). The smallest absolute Gasteiger partial charge is 0.322 e. The maximum Gasteiger partial charge on any atom is 0.322 e. The highest BCUT2D eigenvalue weighted by atomic mass is 35.5. The third-order valence-corrected chi connectivity index (χ3v) is 4.21. The normalized spacial score (nSPS) is 13.4. The van der Waals surface area contributed by atoms with E-state index in [9.17, 15) is 4.79 Å². The van der Waals surface area contributed by atoms with Crippen LogP contribution in [-0.2, 0) is 13.0 Å². The number of amides is 2. The molecule has 1 aliphatic heterocycles. The molecule has 0 aliphatic carbocycles. The summed E-state index contributed by atoms with van der Waals surface area (Å²) >= 11 is 5.87. The number of urea groups is 1. The lowest BCUT2D eigenvalue weighted by atomic mass is 10.1. The van der Waals surface area contributed by atoms with Crippen LogP contribution in [0.15, 0.2) is 24.3 Å². The average molecular weight is 346 g/mol. The molecular weight excluding hydrogens is 326 g/mol. The van der Waals surface area contributed by atoms with Gasteiger partial charge in [0.2, 0.25) is 0 Å². The Balaban J connectivity index is 1.79. The van der Waals surface area contributed by atoms with Crippen LogP contribution in [0.25, 0.3) is 0 Å². The minimum Gasteiger partial charge on any atom is -0.362 e. The van der Waals surface area contributed by atoms with Gasteiger partial charge in [-0.05, 0) is 31.2 Å². The molecule has 0 fully saturated rings. The van der Waals surface area contributed by atoms with Gasteiger partial charge in [-0.15, -0.1) is 0 Å². The Morgan fingerprint density at radius 3 is 2.62 bits per heavy atom. The molecule has 2 amide bonds. The molecule has 3 rings (SSSR count). The summed E-state index contributed by atoms with van der Waals surface area (Å²) in [6, 6.07) is 6.95. The number of benzene rings is 1. The third-order valence-electron chi connectivity index (χ3n) is 3.96. The topological polar surface area (TPSA) is 61.4 Å². The predicted molar refractivity (Wildman–Crippen MR) is 95.7 cm³/mol. The Bertz CT molecular complexity index is 760. The summed E-state index contributed by atoms with van der Waals surface area (Å²) in [4.78, 5) is 25.3. The summed E-state index contributed by atoms with van der Waals surface area (Å²) in [5, 5.41) is 3.55. The number of hydrogen-bond acceptors (Lipinski definition) is 4. The van der Waals surface area contributed by atoms with Crippen molar-refractivity contribution in [3.05, 3.63) is 46.4 Å². The lowest BCUT2D eigenvalue weighted by molar-refractivity contribution is 0.206. The number of fused-ring (bicyclic) bond motifs is 1. The van der Waals surface area contributed by atoms with E-state index in [-0.39, 0.29) is 6.03 Å². The highest BCUT2D eigenvalue weighted by Gasteiger charge is 2.25. The maximum absolute atomic E-state index is 12.5. The van der Waals surface area contributed by atoms with Crippen LogP contribution >= 0.6 is 11.6 Å². The Labute approximate surface area is 146 Å². The van der Waals surface area contributed by atoms with E-state index in [4.69, 9.17) is 11.6 Å². The Hall–Kier alpha value is -2.34. The zero-order valence-corrected chi connectivity index (χ0v) is 14.8. The van der Waals surface area contributed by atoms with Crippen LogP contribution < -0.4 is 10.2 Å². The van der Waals surface area contributed by atoms with Gasteiger partial charge in [-0.2, -0.15) is 0 Å². The molecule has 7 heteroatoms. The van der Waals surface area contributed by atoms with Crippen molar-refractivity contribution >= 4 is 29.1 Å². The monoisotopic (exact) mass is 345 g/mol. The molecule has 126 valence electrons. The minimum absolute atomic E-state index is 0.131. The summed E-state index contributed by atoms with van der Waals surface area (Å²) in [7, 11) is 3.91. The van der Waals surface area contributed by atoms with Crippen LogP contribution in [0.2, 0.25) is 5.02 Å². The molecule has 2 aromatic rings. The highest BCUT2D eigenvalue weighted by molar-refractivity contribution is 6.30. The number of nitrogens with zero attached hydrogens (tertiary/aromatic N) is 4. The van der Waals surface area contributed by atoms with Crippen LogP contribution in [0.4, 0.5) is 16.3 Å². The molecule has 0 atom stereocenters. The van der Waals surface area contributed by atoms with E-state index >= 15 is 0 Å². The number of anilines is 2. The number of carbonyl (C=O) groups excluding carboxylic acids is 1. The van der Waals surface area contributed by atoms with E-state index in [0.717, 1.165) is 35.0 Å². The fraction of sp³-hybridized carbons (Fsp3) is 0.353. The molecule has 6 nitrogen and oxygen atoms in total. The van der Waals surface area contributed by atoms with Crippen molar-refractivity contribution in [1.82, 2.24) is 14.9 Å². The van der Waals surface area contributed by atoms with Gasteiger partial charge in [-0.1, -0.05) is 11.6 Å². The number of hydrogen-bond donors (Lipinski definition) is 1. The van der Waals surface area contributed by atoms with E-state index in [1.54, 1.807) is 29.2 Å². The zero-order valence-electron chi connectivity index (χ0n) is 14.0. The minimum atomic E-state index is -0.131. The summed E-state index contributed by atoms with van der Waals surface area (Å²) in [6.45, 7) is 3.03. The molecule has 0 bridgehead atoms. The van der Waals surface area contributed by atoms with Crippen molar-refractivity contribution in [2.45, 2.75) is 19.9 Å². The summed E-state index contributed by atoms with van der Waals surface area (Å²) in [5.74, 6) is 1.64. The first-order valence-corrected chi connectivity index (χ1v) is 8.17. The Kier molecular flexibility index (Phi) is 4.57. The van der Waals surface area contributed by atoms with Crippen LogP contribution in [0.5, 0.6) is 0 Å². The molecule has 2 heterocycles. The fourth-order valence-electron chi connectivity index (χ4n) is 2.80. The van der Waals surface area contributed by atoms with Gasteiger partial charge in [0, 0.05) is 43.3 Å². The van der Waals surface area contributed by atoms with Crippen molar-refractivity contribution in [2.24, 2.45) is 0 Å². The number of halogens is 1. The molecule has 1 aliphatic rings. The lowest BCUT2D eigenvalue weighted by Gasteiger charge is -2.31. The second-order valence-corrected chi connectivity index (χ2v) is 6.46. The maximum atomic E-state index is 12.5. The highest BCUT2D eigenvalue weighted by Crippen LogP contribution is 2.26. The van der Waals surface area contributed by atoms with E-state index in [0.29, 0.717) is 18.1 Å². The molecule has 0 unspecified atom stereocenters. The molecule has 1 aromatic heterocycles. The van der Waals surface area contributed by atoms with Crippen molar-refractivity contribution in [2.75, 3.05) is 30.9 Å².